The van der Waals surface area contributed by atoms with E-state index in [4.69, 9.17) is 0 Å². The number of rotatable bonds is 5. The van der Waals surface area contributed by atoms with Gasteiger partial charge in [-0.1, -0.05) is 0 Å². The van der Waals surface area contributed by atoms with Gasteiger partial charge in [-0.3, -0.25) is 14.6 Å². The van der Waals surface area contributed by atoms with Crippen LogP contribution in [0.4, 0.5) is 0 Å². The summed E-state index contributed by atoms with van der Waals surface area (Å²) in [4.78, 5) is 20.0. The van der Waals surface area contributed by atoms with Crippen LogP contribution in [0.5, 0.6) is 0 Å². The van der Waals surface area contributed by atoms with E-state index in [-0.39, 0.29) is 5.97 Å². The number of hydrogen-bond donors (Lipinski definition) is 0. The topological polar surface area (TPSA) is 50.6 Å². The molecule has 0 radical (unpaired) electrons. The van der Waals surface area contributed by atoms with Crippen molar-refractivity contribution in [2.75, 3.05) is 46.4 Å². The van der Waals surface area contributed by atoms with Crippen LogP contribution in [0, 0.1) is 6.92 Å². The number of aryl methyl sites for hydroxylation is 1. The minimum atomic E-state index is -0.150. The van der Waals surface area contributed by atoms with Gasteiger partial charge in [0.25, 0.3) is 0 Å². The van der Waals surface area contributed by atoms with Crippen molar-refractivity contribution in [2.45, 2.75) is 13.5 Å². The Labute approximate surface area is 114 Å². The highest BCUT2D eigenvalue weighted by molar-refractivity contribution is 5.71. The monoisotopic (exact) mass is 266 g/mol. The lowest BCUT2D eigenvalue weighted by Crippen LogP contribution is -2.48. The number of carbonyl (C=O) groups excluding carboxylic acids is 1. The number of nitrogens with zero attached hydrogens (tertiary/aromatic N) is 4. The molecule has 1 aromatic heterocycles. The molecule has 1 aromatic rings. The Bertz CT molecular complexity index is 411. The quantitative estimate of drug-likeness (QED) is 0.701. The number of esters is 1. The summed E-state index contributed by atoms with van der Waals surface area (Å²) in [6.45, 7) is 8.30. The molecule has 1 aliphatic heterocycles. The molecule has 2 rings (SSSR count). The van der Waals surface area contributed by atoms with Crippen molar-refractivity contribution in [1.29, 1.82) is 0 Å². The van der Waals surface area contributed by atoms with Gasteiger partial charge in [0.15, 0.2) is 0 Å². The van der Waals surface area contributed by atoms with E-state index in [1.54, 1.807) is 0 Å². The Morgan fingerprint density at radius 3 is 2.53 bits per heavy atom. The second kappa shape index (κ2) is 6.68. The first kappa shape index (κ1) is 14.0. The van der Waals surface area contributed by atoms with Crippen LogP contribution in [0.15, 0.2) is 12.4 Å². The highest BCUT2D eigenvalue weighted by Gasteiger charge is 2.18. The number of ether oxygens (including phenoxy) is 1. The summed E-state index contributed by atoms with van der Waals surface area (Å²) in [6.07, 6.45) is 3.85. The molecule has 0 amide bonds. The van der Waals surface area contributed by atoms with E-state index in [0.717, 1.165) is 45.1 Å². The van der Waals surface area contributed by atoms with Gasteiger partial charge in [0.2, 0.25) is 0 Å². The molecule has 6 nitrogen and oxygen atoms in total. The smallest absolute Gasteiger partial charge is 0.319 e. The molecule has 0 unspecified atom stereocenters. The number of imidazole rings is 1. The number of aromatic nitrogens is 2. The van der Waals surface area contributed by atoms with Crippen LogP contribution in [0.2, 0.25) is 0 Å². The normalized spacial score (nSPS) is 17.6. The average Bonchev–Trinajstić information content (AvgIpc) is 2.83. The fourth-order valence-electron chi connectivity index (χ4n) is 2.31. The summed E-state index contributed by atoms with van der Waals surface area (Å²) in [7, 11) is 1.44. The lowest BCUT2D eigenvalue weighted by atomic mass is 10.3. The summed E-state index contributed by atoms with van der Waals surface area (Å²) in [5.41, 5.74) is 0. The molecular formula is C13H22N4O2. The van der Waals surface area contributed by atoms with Crippen LogP contribution in [0.1, 0.15) is 5.82 Å². The molecular weight excluding hydrogens is 244 g/mol. The molecule has 106 valence electrons. The third kappa shape index (κ3) is 4.04. The van der Waals surface area contributed by atoms with Crippen molar-refractivity contribution in [3.63, 3.8) is 0 Å². The largest absolute Gasteiger partial charge is 0.468 e. The van der Waals surface area contributed by atoms with Gasteiger partial charge in [-0.2, -0.15) is 0 Å². The lowest BCUT2D eigenvalue weighted by molar-refractivity contribution is -0.142. The van der Waals surface area contributed by atoms with E-state index in [0.29, 0.717) is 6.54 Å². The fraction of sp³-hybridized carbons (Fsp3) is 0.692. The van der Waals surface area contributed by atoms with Gasteiger partial charge in [0.05, 0.1) is 13.7 Å². The Hall–Kier alpha value is -1.40. The van der Waals surface area contributed by atoms with Crippen LogP contribution in [0.3, 0.4) is 0 Å². The molecule has 0 atom stereocenters. The van der Waals surface area contributed by atoms with Gasteiger partial charge in [-0.25, -0.2) is 4.98 Å². The fourth-order valence-corrected chi connectivity index (χ4v) is 2.31. The van der Waals surface area contributed by atoms with E-state index in [1.807, 2.05) is 19.3 Å². The molecule has 0 N–H and O–H groups in total. The number of carbonyl (C=O) groups is 1. The Balaban J connectivity index is 1.69. The standard InChI is InChI=1S/C13H22N4O2/c1-12-14-3-4-17(12)10-9-15-5-7-16(8-6-15)11-13(18)19-2/h3-4H,5-11H2,1-2H3. The molecule has 2 heterocycles. The van der Waals surface area contributed by atoms with Crippen molar-refractivity contribution in [1.82, 2.24) is 19.4 Å². The SMILES string of the molecule is COC(=O)CN1CCN(CCn2ccnc2C)CC1. The molecule has 1 aliphatic rings. The third-order valence-corrected chi connectivity index (χ3v) is 3.63. The highest BCUT2D eigenvalue weighted by atomic mass is 16.5. The zero-order valence-corrected chi connectivity index (χ0v) is 11.7. The van der Waals surface area contributed by atoms with Gasteiger partial charge in [-0.15, -0.1) is 0 Å². The summed E-state index contributed by atoms with van der Waals surface area (Å²) < 4.78 is 6.85. The van der Waals surface area contributed by atoms with Crippen molar-refractivity contribution in [3.05, 3.63) is 18.2 Å². The Morgan fingerprint density at radius 1 is 1.26 bits per heavy atom. The van der Waals surface area contributed by atoms with Crippen molar-refractivity contribution < 1.29 is 9.53 Å². The molecule has 1 fully saturated rings. The van der Waals surface area contributed by atoms with Crippen LogP contribution in [-0.2, 0) is 16.1 Å². The second-order valence-corrected chi connectivity index (χ2v) is 4.86. The minimum Gasteiger partial charge on any atom is -0.468 e. The maximum Gasteiger partial charge on any atom is 0.319 e. The molecule has 0 spiro atoms. The van der Waals surface area contributed by atoms with Crippen LogP contribution in [0.25, 0.3) is 0 Å². The molecule has 0 aliphatic carbocycles. The molecule has 0 aromatic carbocycles. The third-order valence-electron chi connectivity index (χ3n) is 3.63. The van der Waals surface area contributed by atoms with Crippen LogP contribution in [-0.4, -0.2) is 71.7 Å². The van der Waals surface area contributed by atoms with Gasteiger partial charge in [-0.05, 0) is 6.92 Å². The number of hydrogen-bond acceptors (Lipinski definition) is 5. The zero-order chi connectivity index (χ0) is 13.7. The minimum absolute atomic E-state index is 0.150. The highest BCUT2D eigenvalue weighted by Crippen LogP contribution is 2.03. The van der Waals surface area contributed by atoms with Crippen molar-refractivity contribution in [3.8, 4) is 0 Å². The van der Waals surface area contributed by atoms with E-state index in [9.17, 15) is 4.79 Å². The lowest BCUT2D eigenvalue weighted by Gasteiger charge is -2.34. The summed E-state index contributed by atoms with van der Waals surface area (Å²) in [5, 5.41) is 0. The molecule has 0 bridgehead atoms. The predicted octanol–water partition coefficient (Wildman–Crippen LogP) is -0.0179. The second-order valence-electron chi connectivity index (χ2n) is 4.86. The van der Waals surface area contributed by atoms with E-state index >= 15 is 0 Å². The number of piperazine rings is 1. The maximum atomic E-state index is 11.2. The Morgan fingerprint density at radius 2 is 1.95 bits per heavy atom. The first-order valence-corrected chi connectivity index (χ1v) is 6.68. The van der Waals surface area contributed by atoms with Crippen molar-refractivity contribution in [2.24, 2.45) is 0 Å². The van der Waals surface area contributed by atoms with Gasteiger partial charge < -0.3 is 9.30 Å². The van der Waals surface area contributed by atoms with Crippen LogP contribution >= 0.6 is 0 Å². The maximum absolute atomic E-state index is 11.2. The van der Waals surface area contributed by atoms with Crippen LogP contribution < -0.4 is 0 Å². The first-order valence-electron chi connectivity index (χ1n) is 6.68. The summed E-state index contributed by atoms with van der Waals surface area (Å²) in [6, 6.07) is 0. The predicted molar refractivity (Wildman–Crippen MR) is 71.9 cm³/mol. The van der Waals surface area contributed by atoms with E-state index in [1.165, 1.54) is 7.11 Å². The molecule has 0 saturated carbocycles. The summed E-state index contributed by atoms with van der Waals surface area (Å²) >= 11 is 0. The molecule has 6 heteroatoms. The van der Waals surface area contributed by atoms with E-state index in [2.05, 4.69) is 24.1 Å². The molecule has 1 saturated heterocycles. The van der Waals surface area contributed by atoms with E-state index < -0.39 is 0 Å². The summed E-state index contributed by atoms with van der Waals surface area (Å²) in [5.74, 6) is 0.909. The van der Waals surface area contributed by atoms with Gasteiger partial charge in [0.1, 0.15) is 5.82 Å². The molecule has 19 heavy (non-hydrogen) atoms. The van der Waals surface area contributed by atoms with Crippen molar-refractivity contribution >= 4 is 5.97 Å². The Kier molecular flexibility index (Phi) is 4.93. The van der Waals surface area contributed by atoms with Gasteiger partial charge >= 0.3 is 5.97 Å². The first-order chi connectivity index (χ1) is 9.19. The average molecular weight is 266 g/mol. The zero-order valence-electron chi connectivity index (χ0n) is 11.7. The van der Waals surface area contributed by atoms with Gasteiger partial charge in [0, 0.05) is 51.7 Å². The number of methoxy groups -OCH3 is 1.